The Hall–Kier alpha value is -1.85. The van der Waals surface area contributed by atoms with Gasteiger partial charge in [-0.25, -0.2) is 4.79 Å². The number of rotatable bonds is 6. The van der Waals surface area contributed by atoms with Gasteiger partial charge in [0.25, 0.3) is 0 Å². The maximum Gasteiger partial charge on any atom is 0.330 e. The Morgan fingerprint density at radius 2 is 1.89 bits per heavy atom. The molecule has 1 aliphatic rings. The maximum atomic E-state index is 11.2. The Labute approximate surface area is 111 Å². The first-order valence-electron chi connectivity index (χ1n) is 6.22. The maximum absolute atomic E-state index is 11.2. The van der Waals surface area contributed by atoms with Gasteiger partial charge in [-0.1, -0.05) is 13.0 Å². The van der Waals surface area contributed by atoms with Crippen molar-refractivity contribution in [3.63, 3.8) is 0 Å². The lowest BCUT2D eigenvalue weighted by Gasteiger charge is -2.33. The molecule has 3 atom stereocenters. The van der Waals surface area contributed by atoms with Crippen molar-refractivity contribution in [3.8, 4) is 0 Å². The smallest absolute Gasteiger partial charge is 0.330 e. The SMILES string of the molecule is C=CC(=O)OCCC1CCCC(C(=O)O)C1C(=O)O. The van der Waals surface area contributed by atoms with Crippen LogP contribution in [0.4, 0.5) is 0 Å². The van der Waals surface area contributed by atoms with E-state index in [1.807, 2.05) is 0 Å². The van der Waals surface area contributed by atoms with Crippen LogP contribution < -0.4 is 0 Å². The van der Waals surface area contributed by atoms with Crippen LogP contribution in [0, 0.1) is 17.8 Å². The number of esters is 1. The summed E-state index contributed by atoms with van der Waals surface area (Å²) in [5.74, 6) is -4.75. The summed E-state index contributed by atoms with van der Waals surface area (Å²) in [6, 6.07) is 0. The summed E-state index contributed by atoms with van der Waals surface area (Å²) >= 11 is 0. The zero-order chi connectivity index (χ0) is 14.4. The van der Waals surface area contributed by atoms with Crippen molar-refractivity contribution in [2.45, 2.75) is 25.7 Å². The van der Waals surface area contributed by atoms with Gasteiger partial charge in [0, 0.05) is 6.08 Å². The summed E-state index contributed by atoms with van der Waals surface area (Å²) in [6.07, 6.45) is 3.11. The molecule has 1 aliphatic carbocycles. The molecule has 1 fully saturated rings. The Balaban J connectivity index is 2.63. The fourth-order valence-corrected chi connectivity index (χ4v) is 2.63. The van der Waals surface area contributed by atoms with E-state index in [1.165, 1.54) is 0 Å². The van der Waals surface area contributed by atoms with E-state index in [9.17, 15) is 19.5 Å². The molecule has 6 nitrogen and oxygen atoms in total. The number of carboxylic acid groups (broad SMARTS) is 2. The molecule has 106 valence electrons. The van der Waals surface area contributed by atoms with Gasteiger partial charge < -0.3 is 14.9 Å². The topological polar surface area (TPSA) is 101 Å². The summed E-state index contributed by atoms with van der Waals surface area (Å²) in [5, 5.41) is 18.3. The minimum atomic E-state index is -1.09. The molecule has 0 saturated heterocycles. The monoisotopic (exact) mass is 270 g/mol. The fraction of sp³-hybridized carbons (Fsp3) is 0.615. The molecule has 19 heavy (non-hydrogen) atoms. The predicted molar refractivity (Wildman–Crippen MR) is 65.4 cm³/mol. The molecule has 1 rings (SSSR count). The molecule has 0 aliphatic heterocycles. The molecule has 6 heteroatoms. The minimum absolute atomic E-state index is 0.0889. The molecule has 0 aromatic carbocycles. The van der Waals surface area contributed by atoms with Crippen LogP contribution in [0.25, 0.3) is 0 Å². The predicted octanol–water partition coefficient (Wildman–Crippen LogP) is 1.31. The zero-order valence-electron chi connectivity index (χ0n) is 10.6. The molecule has 0 radical (unpaired) electrons. The van der Waals surface area contributed by atoms with E-state index in [-0.39, 0.29) is 12.5 Å². The van der Waals surface area contributed by atoms with Crippen LogP contribution in [0.2, 0.25) is 0 Å². The van der Waals surface area contributed by atoms with Crippen molar-refractivity contribution in [2.75, 3.05) is 6.61 Å². The third kappa shape index (κ3) is 4.08. The molecular weight excluding hydrogens is 252 g/mol. The number of hydrogen-bond donors (Lipinski definition) is 2. The van der Waals surface area contributed by atoms with Gasteiger partial charge in [-0.2, -0.15) is 0 Å². The van der Waals surface area contributed by atoms with Crippen molar-refractivity contribution in [3.05, 3.63) is 12.7 Å². The van der Waals surface area contributed by atoms with Gasteiger partial charge in [0.15, 0.2) is 0 Å². The second kappa shape index (κ2) is 6.92. The molecule has 0 spiro atoms. The third-order valence-electron chi connectivity index (χ3n) is 3.53. The number of ether oxygens (including phenoxy) is 1. The largest absolute Gasteiger partial charge is 0.481 e. The normalized spacial score (nSPS) is 26.4. The fourth-order valence-electron chi connectivity index (χ4n) is 2.63. The lowest BCUT2D eigenvalue weighted by atomic mass is 9.71. The van der Waals surface area contributed by atoms with Gasteiger partial charge in [-0.3, -0.25) is 9.59 Å². The van der Waals surface area contributed by atoms with Crippen LogP contribution in [-0.2, 0) is 19.1 Å². The van der Waals surface area contributed by atoms with Crippen molar-refractivity contribution >= 4 is 17.9 Å². The quantitative estimate of drug-likeness (QED) is 0.557. The lowest BCUT2D eigenvalue weighted by molar-refractivity contribution is -0.159. The van der Waals surface area contributed by atoms with Gasteiger partial charge >= 0.3 is 17.9 Å². The molecular formula is C13H18O6. The van der Waals surface area contributed by atoms with Crippen LogP contribution in [0.5, 0.6) is 0 Å². The Kier molecular flexibility index (Phi) is 5.54. The van der Waals surface area contributed by atoms with Gasteiger partial charge in [-0.05, 0) is 25.2 Å². The van der Waals surface area contributed by atoms with Crippen LogP contribution in [0.15, 0.2) is 12.7 Å². The lowest BCUT2D eigenvalue weighted by Crippen LogP contribution is -2.39. The molecule has 3 unspecified atom stereocenters. The van der Waals surface area contributed by atoms with E-state index in [0.717, 1.165) is 6.08 Å². The molecule has 0 aromatic heterocycles. The second-order valence-electron chi connectivity index (χ2n) is 4.66. The van der Waals surface area contributed by atoms with E-state index in [0.29, 0.717) is 25.7 Å². The number of carbonyl (C=O) groups is 3. The molecule has 0 heterocycles. The van der Waals surface area contributed by atoms with E-state index < -0.39 is 29.7 Å². The van der Waals surface area contributed by atoms with Crippen LogP contribution in [0.1, 0.15) is 25.7 Å². The van der Waals surface area contributed by atoms with Gasteiger partial charge in [0.1, 0.15) is 0 Å². The Morgan fingerprint density at radius 1 is 1.21 bits per heavy atom. The van der Waals surface area contributed by atoms with Gasteiger partial charge in [-0.15, -0.1) is 0 Å². The Bertz CT molecular complexity index is 375. The first kappa shape index (κ1) is 15.2. The average molecular weight is 270 g/mol. The van der Waals surface area contributed by atoms with E-state index in [4.69, 9.17) is 9.84 Å². The molecule has 0 aromatic rings. The van der Waals surface area contributed by atoms with E-state index >= 15 is 0 Å². The summed E-state index contributed by atoms with van der Waals surface area (Å²) in [7, 11) is 0. The molecule has 1 saturated carbocycles. The highest BCUT2D eigenvalue weighted by atomic mass is 16.5. The summed E-state index contributed by atoms with van der Waals surface area (Å²) < 4.78 is 4.82. The van der Waals surface area contributed by atoms with E-state index in [1.54, 1.807) is 0 Å². The summed E-state index contributed by atoms with van der Waals surface area (Å²) in [5.41, 5.74) is 0. The molecule has 0 bridgehead atoms. The van der Waals surface area contributed by atoms with Crippen molar-refractivity contribution in [2.24, 2.45) is 17.8 Å². The van der Waals surface area contributed by atoms with Gasteiger partial charge in [0.2, 0.25) is 0 Å². The molecule has 0 amide bonds. The Morgan fingerprint density at radius 3 is 2.42 bits per heavy atom. The highest BCUT2D eigenvalue weighted by Crippen LogP contribution is 2.37. The highest BCUT2D eigenvalue weighted by molar-refractivity contribution is 5.81. The van der Waals surface area contributed by atoms with Gasteiger partial charge in [0.05, 0.1) is 18.4 Å². The number of hydrogen-bond acceptors (Lipinski definition) is 4. The first-order chi connectivity index (χ1) is 8.97. The number of carbonyl (C=O) groups excluding carboxylic acids is 1. The van der Waals surface area contributed by atoms with Crippen molar-refractivity contribution in [1.29, 1.82) is 0 Å². The molecule has 2 N–H and O–H groups in total. The number of carboxylic acids is 2. The standard InChI is InChI=1S/C13H18O6/c1-2-10(14)19-7-6-8-4-3-5-9(12(15)16)11(8)13(17)18/h2,8-9,11H,1,3-7H2,(H,15,16)(H,17,18). The third-order valence-corrected chi connectivity index (χ3v) is 3.53. The first-order valence-corrected chi connectivity index (χ1v) is 6.22. The van der Waals surface area contributed by atoms with E-state index in [2.05, 4.69) is 6.58 Å². The average Bonchev–Trinajstić information content (AvgIpc) is 2.37. The summed E-state index contributed by atoms with van der Waals surface area (Å²) in [4.78, 5) is 33.2. The van der Waals surface area contributed by atoms with Crippen LogP contribution >= 0.6 is 0 Å². The van der Waals surface area contributed by atoms with Crippen LogP contribution in [-0.4, -0.2) is 34.7 Å². The zero-order valence-corrected chi connectivity index (χ0v) is 10.6. The minimum Gasteiger partial charge on any atom is -0.481 e. The van der Waals surface area contributed by atoms with Crippen LogP contribution in [0.3, 0.4) is 0 Å². The van der Waals surface area contributed by atoms with Crippen molar-refractivity contribution in [1.82, 2.24) is 0 Å². The number of aliphatic carboxylic acids is 2. The second-order valence-corrected chi connectivity index (χ2v) is 4.66. The highest BCUT2D eigenvalue weighted by Gasteiger charge is 2.41. The summed E-state index contributed by atoms with van der Waals surface area (Å²) in [6.45, 7) is 3.35. The van der Waals surface area contributed by atoms with Crippen molar-refractivity contribution < 1.29 is 29.3 Å².